The predicted molar refractivity (Wildman–Crippen MR) is 95.0 cm³/mol. The van der Waals surface area contributed by atoms with Gasteiger partial charge in [-0.1, -0.05) is 0 Å². The number of fused-ring (bicyclic) bond motifs is 1. The quantitative estimate of drug-likeness (QED) is 0.722. The van der Waals surface area contributed by atoms with Crippen molar-refractivity contribution in [1.82, 2.24) is 24.7 Å². The van der Waals surface area contributed by atoms with E-state index in [0.29, 0.717) is 36.9 Å². The van der Waals surface area contributed by atoms with Crippen molar-refractivity contribution in [3.8, 4) is 11.5 Å². The number of hydrogen-bond donors (Lipinski definition) is 1. The summed E-state index contributed by atoms with van der Waals surface area (Å²) in [5, 5.41) is 3.23. The third-order valence-corrected chi connectivity index (χ3v) is 5.17. The standard InChI is InChI=1S/C18H17F3N6O/c19-18(20,21)12-1-2-14-24-7-13(27(14)8-12)16-23-4-3-15(25-16)26-5-6-28-17(11-26)9-22-10-17/h1-4,7-8,22H,5-6,9-11H2. The number of pyridine rings is 1. The average molecular weight is 390 g/mol. The van der Waals surface area contributed by atoms with E-state index in [0.717, 1.165) is 31.2 Å². The van der Waals surface area contributed by atoms with Crippen LogP contribution in [0.25, 0.3) is 17.2 Å². The summed E-state index contributed by atoms with van der Waals surface area (Å²) in [5.74, 6) is 1.05. The smallest absolute Gasteiger partial charge is 0.369 e. The lowest BCUT2D eigenvalue weighted by molar-refractivity contribution is -0.137. The molecule has 1 spiro atoms. The Kier molecular flexibility index (Phi) is 3.81. The minimum atomic E-state index is -4.43. The number of aromatic nitrogens is 4. The third kappa shape index (κ3) is 2.89. The van der Waals surface area contributed by atoms with Gasteiger partial charge in [0.05, 0.1) is 24.9 Å². The summed E-state index contributed by atoms with van der Waals surface area (Å²) in [6.07, 6.45) is -0.300. The van der Waals surface area contributed by atoms with Crippen LogP contribution in [-0.4, -0.2) is 57.7 Å². The second-order valence-corrected chi connectivity index (χ2v) is 7.08. The molecule has 0 bridgehead atoms. The fourth-order valence-electron chi connectivity index (χ4n) is 3.62. The fourth-order valence-corrected chi connectivity index (χ4v) is 3.62. The van der Waals surface area contributed by atoms with Gasteiger partial charge in [0.1, 0.15) is 22.8 Å². The Morgan fingerprint density at radius 3 is 2.75 bits per heavy atom. The maximum absolute atomic E-state index is 13.1. The van der Waals surface area contributed by atoms with Gasteiger partial charge >= 0.3 is 6.18 Å². The molecule has 0 unspecified atom stereocenters. The summed E-state index contributed by atoms with van der Waals surface area (Å²) in [5.41, 5.74) is -0.115. The minimum Gasteiger partial charge on any atom is -0.369 e. The fraction of sp³-hybridized carbons (Fsp3) is 0.389. The van der Waals surface area contributed by atoms with Crippen LogP contribution in [0.1, 0.15) is 5.56 Å². The first-order chi connectivity index (χ1) is 13.4. The normalized spacial score (nSPS) is 19.2. The molecule has 0 aliphatic carbocycles. The highest BCUT2D eigenvalue weighted by atomic mass is 19.4. The lowest BCUT2D eigenvalue weighted by Crippen LogP contribution is -2.69. The zero-order valence-corrected chi connectivity index (χ0v) is 14.8. The number of alkyl halides is 3. The molecule has 2 aliphatic heterocycles. The van der Waals surface area contributed by atoms with Crippen LogP contribution >= 0.6 is 0 Å². The number of morpholine rings is 1. The van der Waals surface area contributed by atoms with Gasteiger partial charge in [0.25, 0.3) is 0 Å². The van der Waals surface area contributed by atoms with Gasteiger partial charge in [0.2, 0.25) is 0 Å². The number of nitrogens with zero attached hydrogens (tertiary/aromatic N) is 5. The van der Waals surface area contributed by atoms with E-state index in [1.165, 1.54) is 16.7 Å². The molecule has 146 valence electrons. The highest BCUT2D eigenvalue weighted by Crippen LogP contribution is 2.31. The summed E-state index contributed by atoms with van der Waals surface area (Å²) < 4.78 is 46.5. The van der Waals surface area contributed by atoms with Gasteiger partial charge < -0.3 is 15.0 Å². The maximum atomic E-state index is 13.1. The molecule has 10 heteroatoms. The number of imidazole rings is 1. The van der Waals surface area contributed by atoms with Crippen LogP contribution in [-0.2, 0) is 10.9 Å². The highest BCUT2D eigenvalue weighted by Gasteiger charge is 2.42. The topological polar surface area (TPSA) is 67.6 Å². The number of ether oxygens (including phenoxy) is 1. The first-order valence-corrected chi connectivity index (χ1v) is 8.91. The Hall–Kier alpha value is -2.72. The van der Waals surface area contributed by atoms with E-state index < -0.39 is 11.7 Å². The lowest BCUT2D eigenvalue weighted by Gasteiger charge is -2.49. The molecule has 7 nitrogen and oxygen atoms in total. The molecule has 0 saturated carbocycles. The van der Waals surface area contributed by atoms with Crippen LogP contribution in [0.2, 0.25) is 0 Å². The van der Waals surface area contributed by atoms with Crippen LogP contribution in [0, 0.1) is 0 Å². The van der Waals surface area contributed by atoms with Crippen molar-refractivity contribution in [3.63, 3.8) is 0 Å². The van der Waals surface area contributed by atoms with Crippen molar-refractivity contribution in [2.24, 2.45) is 0 Å². The highest BCUT2D eigenvalue weighted by molar-refractivity contribution is 5.59. The van der Waals surface area contributed by atoms with Crippen molar-refractivity contribution in [2.75, 3.05) is 37.7 Å². The zero-order valence-electron chi connectivity index (χ0n) is 14.8. The van der Waals surface area contributed by atoms with E-state index in [-0.39, 0.29) is 5.60 Å². The van der Waals surface area contributed by atoms with Crippen molar-refractivity contribution in [2.45, 2.75) is 11.8 Å². The SMILES string of the molecule is FC(F)(F)c1ccc2ncc(-c3nccc(N4CCOC5(CNC5)C4)n3)n2c1. The van der Waals surface area contributed by atoms with Crippen molar-refractivity contribution in [1.29, 1.82) is 0 Å². The Balaban J connectivity index is 1.51. The zero-order chi connectivity index (χ0) is 19.4. The third-order valence-electron chi connectivity index (χ3n) is 5.17. The monoisotopic (exact) mass is 390 g/mol. The first kappa shape index (κ1) is 17.4. The van der Waals surface area contributed by atoms with E-state index in [4.69, 9.17) is 4.74 Å². The Labute approximate surface area is 158 Å². The Morgan fingerprint density at radius 2 is 2.00 bits per heavy atom. The van der Waals surface area contributed by atoms with Crippen LogP contribution in [0.15, 0.2) is 36.8 Å². The number of rotatable bonds is 2. The van der Waals surface area contributed by atoms with Crippen molar-refractivity contribution in [3.05, 3.63) is 42.4 Å². The van der Waals surface area contributed by atoms with Gasteiger partial charge in [-0.2, -0.15) is 13.2 Å². The summed E-state index contributed by atoms with van der Waals surface area (Å²) in [6, 6.07) is 4.16. The second kappa shape index (κ2) is 6.14. The van der Waals surface area contributed by atoms with Gasteiger partial charge in [-0.05, 0) is 18.2 Å². The van der Waals surface area contributed by atoms with Gasteiger partial charge in [-0.15, -0.1) is 0 Å². The van der Waals surface area contributed by atoms with Gasteiger partial charge in [-0.3, -0.25) is 4.40 Å². The maximum Gasteiger partial charge on any atom is 0.417 e. The van der Waals surface area contributed by atoms with Crippen molar-refractivity contribution < 1.29 is 17.9 Å². The van der Waals surface area contributed by atoms with E-state index in [1.54, 1.807) is 12.3 Å². The minimum absolute atomic E-state index is 0.186. The molecule has 3 aromatic rings. The molecule has 1 N–H and O–H groups in total. The van der Waals surface area contributed by atoms with E-state index in [2.05, 4.69) is 25.2 Å². The van der Waals surface area contributed by atoms with E-state index >= 15 is 0 Å². The van der Waals surface area contributed by atoms with Gasteiger partial charge in [0.15, 0.2) is 5.82 Å². The average Bonchev–Trinajstić information content (AvgIpc) is 3.09. The van der Waals surface area contributed by atoms with Crippen molar-refractivity contribution >= 4 is 11.5 Å². The molecule has 0 amide bonds. The number of halogens is 3. The molecule has 5 heterocycles. The van der Waals surface area contributed by atoms with E-state index in [9.17, 15) is 13.2 Å². The van der Waals surface area contributed by atoms with Gasteiger partial charge in [-0.25, -0.2) is 15.0 Å². The molecular formula is C18H17F3N6O. The molecule has 0 radical (unpaired) electrons. The molecule has 3 aromatic heterocycles. The summed E-state index contributed by atoms with van der Waals surface area (Å²) in [4.78, 5) is 15.2. The summed E-state index contributed by atoms with van der Waals surface area (Å²) in [6.45, 7) is 3.61. The molecule has 0 atom stereocenters. The van der Waals surface area contributed by atoms with E-state index in [1.807, 2.05) is 0 Å². The number of nitrogens with one attached hydrogen (secondary N) is 1. The first-order valence-electron chi connectivity index (χ1n) is 8.91. The molecule has 2 aliphatic rings. The molecule has 0 aromatic carbocycles. The number of anilines is 1. The molecule has 28 heavy (non-hydrogen) atoms. The summed E-state index contributed by atoms with van der Waals surface area (Å²) in [7, 11) is 0. The summed E-state index contributed by atoms with van der Waals surface area (Å²) >= 11 is 0. The molecule has 5 rings (SSSR count). The van der Waals surface area contributed by atoms with Gasteiger partial charge in [0, 0.05) is 32.0 Å². The lowest BCUT2D eigenvalue weighted by atomic mass is 9.95. The molecular weight excluding hydrogens is 373 g/mol. The number of hydrogen-bond acceptors (Lipinski definition) is 6. The molecule has 2 saturated heterocycles. The second-order valence-electron chi connectivity index (χ2n) is 7.08. The predicted octanol–water partition coefficient (Wildman–Crippen LogP) is 1.99. The Morgan fingerprint density at radius 1 is 1.14 bits per heavy atom. The molecule has 2 fully saturated rings. The van der Waals surface area contributed by atoms with Crippen LogP contribution < -0.4 is 10.2 Å². The van der Waals surface area contributed by atoms with Crippen LogP contribution in [0.3, 0.4) is 0 Å². The largest absolute Gasteiger partial charge is 0.417 e. The van der Waals surface area contributed by atoms with Crippen LogP contribution in [0.4, 0.5) is 19.0 Å². The van der Waals surface area contributed by atoms with Crippen LogP contribution in [0.5, 0.6) is 0 Å². The Bertz CT molecular complexity index is 1030.